The molecule has 0 saturated carbocycles. The number of carbonyl (C=O) groups is 1. The van der Waals surface area contributed by atoms with Gasteiger partial charge in [0, 0.05) is 29.9 Å². The summed E-state index contributed by atoms with van der Waals surface area (Å²) in [7, 11) is 0. The van der Waals surface area contributed by atoms with Gasteiger partial charge in [0.05, 0.1) is 18.3 Å². The van der Waals surface area contributed by atoms with Gasteiger partial charge in [-0.2, -0.15) is 0 Å². The minimum absolute atomic E-state index is 0.318. The summed E-state index contributed by atoms with van der Waals surface area (Å²) in [6.45, 7) is 4.33. The van der Waals surface area contributed by atoms with Crippen LogP contribution in [0.4, 0.5) is 10.1 Å². The molecule has 0 unspecified atom stereocenters. The fraction of sp³-hybridized carbons (Fsp3) is 0.370. The summed E-state index contributed by atoms with van der Waals surface area (Å²) in [4.78, 5) is 12.6. The van der Waals surface area contributed by atoms with E-state index in [0.29, 0.717) is 35.7 Å². The van der Waals surface area contributed by atoms with E-state index in [0.717, 1.165) is 16.7 Å². The molecule has 3 aliphatic heterocycles. The van der Waals surface area contributed by atoms with Gasteiger partial charge in [0.25, 0.3) is 5.91 Å². The van der Waals surface area contributed by atoms with Gasteiger partial charge in [0.15, 0.2) is 0 Å². The predicted octanol–water partition coefficient (Wildman–Crippen LogP) is 1.95. The normalized spacial score (nSPS) is 28.6. The van der Waals surface area contributed by atoms with Gasteiger partial charge >= 0.3 is 0 Å². The lowest BCUT2D eigenvalue weighted by atomic mass is 9.91. The van der Waals surface area contributed by atoms with E-state index in [9.17, 15) is 24.5 Å². The van der Waals surface area contributed by atoms with Gasteiger partial charge in [-0.15, -0.1) is 0 Å². The maximum absolute atomic E-state index is 13.9. The molecular weight excluding hydrogens is 467 g/mol. The average molecular weight is 497 g/mol. The van der Waals surface area contributed by atoms with Crippen LogP contribution < -0.4 is 10.6 Å². The zero-order valence-electron chi connectivity index (χ0n) is 20.0. The van der Waals surface area contributed by atoms with Gasteiger partial charge in [-0.1, -0.05) is 24.3 Å². The van der Waals surface area contributed by atoms with Gasteiger partial charge in [0.2, 0.25) is 0 Å². The van der Waals surface area contributed by atoms with Crippen LogP contribution in [0.15, 0.2) is 54.3 Å². The van der Waals surface area contributed by atoms with E-state index in [2.05, 4.69) is 10.6 Å². The molecule has 8 nitrogen and oxygen atoms in total. The minimum Gasteiger partial charge on any atom is -0.482 e. The summed E-state index contributed by atoms with van der Waals surface area (Å²) in [5, 5.41) is 35.1. The Morgan fingerprint density at radius 1 is 1.08 bits per heavy atom. The van der Waals surface area contributed by atoms with E-state index in [-0.39, 0.29) is 12.5 Å². The first-order chi connectivity index (χ1) is 17.2. The molecule has 9 heteroatoms. The minimum atomic E-state index is -1.10. The lowest BCUT2D eigenvalue weighted by Gasteiger charge is -2.23. The van der Waals surface area contributed by atoms with Crippen molar-refractivity contribution < 1.29 is 34.0 Å². The number of aliphatic hydroxyl groups is 3. The second kappa shape index (κ2) is 9.42. The molecule has 5 rings (SSSR count). The van der Waals surface area contributed by atoms with Crippen LogP contribution in [0.5, 0.6) is 0 Å². The van der Waals surface area contributed by atoms with Crippen molar-refractivity contribution in [1.29, 1.82) is 0 Å². The van der Waals surface area contributed by atoms with Gasteiger partial charge in [-0.05, 0) is 49.2 Å². The lowest BCUT2D eigenvalue weighted by molar-refractivity contribution is -0.111. The van der Waals surface area contributed by atoms with Gasteiger partial charge in [0.1, 0.15) is 35.5 Å². The van der Waals surface area contributed by atoms with Crippen molar-refractivity contribution >= 4 is 22.7 Å². The summed E-state index contributed by atoms with van der Waals surface area (Å²) in [6, 6.07) is 12.1. The van der Waals surface area contributed by atoms with Crippen molar-refractivity contribution in [3.8, 4) is 0 Å². The fourth-order valence-corrected chi connectivity index (χ4v) is 4.91. The van der Waals surface area contributed by atoms with Crippen LogP contribution in [0.25, 0.3) is 11.1 Å². The Kier molecular flexibility index (Phi) is 6.44. The molecule has 2 aromatic carbocycles. The van der Waals surface area contributed by atoms with Crippen LogP contribution in [0.3, 0.4) is 0 Å². The number of ether oxygens (including phenoxy) is 2. The van der Waals surface area contributed by atoms with E-state index in [1.54, 1.807) is 6.07 Å². The number of fused-ring (bicyclic) bond motifs is 1. The van der Waals surface area contributed by atoms with Crippen molar-refractivity contribution in [2.24, 2.45) is 0 Å². The zero-order chi connectivity index (χ0) is 25.6. The second-order valence-electron chi connectivity index (χ2n) is 9.76. The second-order valence-corrected chi connectivity index (χ2v) is 9.76. The third-order valence-corrected chi connectivity index (χ3v) is 6.84. The maximum atomic E-state index is 13.9. The van der Waals surface area contributed by atoms with E-state index < -0.39 is 35.8 Å². The van der Waals surface area contributed by atoms with Gasteiger partial charge in [-0.3, -0.25) is 4.79 Å². The Hall–Kier alpha value is -3.08. The third kappa shape index (κ3) is 4.44. The molecule has 36 heavy (non-hydrogen) atoms. The summed E-state index contributed by atoms with van der Waals surface area (Å²) >= 11 is 0. The first-order valence-corrected chi connectivity index (χ1v) is 11.9. The van der Waals surface area contributed by atoms with Crippen molar-refractivity contribution in [2.75, 3.05) is 18.5 Å². The average Bonchev–Trinajstić information content (AvgIpc) is 3.44. The number of allylic oxidation sites excluding steroid dienone is 1. The first kappa shape index (κ1) is 24.6. The highest BCUT2D eigenvalue weighted by molar-refractivity contribution is 6.32. The number of rotatable bonds is 6. The summed E-state index contributed by atoms with van der Waals surface area (Å²) in [5.74, 6) is -0.344. The first-order valence-electron chi connectivity index (χ1n) is 11.9. The molecule has 3 heterocycles. The molecular formula is C27H29FN2O6. The molecule has 2 aromatic rings. The number of benzene rings is 2. The van der Waals surface area contributed by atoms with E-state index in [1.165, 1.54) is 12.1 Å². The molecule has 1 fully saturated rings. The highest BCUT2D eigenvalue weighted by atomic mass is 19.1. The molecule has 1 saturated heterocycles. The van der Waals surface area contributed by atoms with Crippen molar-refractivity contribution in [3.63, 3.8) is 0 Å². The van der Waals surface area contributed by atoms with E-state index >= 15 is 0 Å². The van der Waals surface area contributed by atoms with Crippen molar-refractivity contribution in [3.05, 3.63) is 76.8 Å². The monoisotopic (exact) mass is 496 g/mol. The zero-order valence-corrected chi connectivity index (χ0v) is 20.0. The fourth-order valence-electron chi connectivity index (χ4n) is 4.91. The summed E-state index contributed by atoms with van der Waals surface area (Å²) in [6.07, 6.45) is -1.70. The standard InChI is InChI=1S/C27H29FN2O6/c1-27(2)18(10-20(36-27)23-17-9-16(28)7-8-19(17)30-26(23)34)15-5-3-14(4-6-15)11-29-12-21-24(32)25(33)22(13-31)35-21/h3-10,21-22,24-25,29,31-33H,11-13H2,1-2H3,(H,30,34)/t21-,22-,24+,25-/m1/s1. The number of amides is 1. The topological polar surface area (TPSA) is 120 Å². The molecule has 0 radical (unpaired) electrons. The SMILES string of the molecule is CC1(C)OC(=C2C(=O)Nc3ccc(F)cc32)C=C1c1ccc(CNC[C@H]2O[C@H](CO)[C@@H](O)[C@H]2O)cc1. The highest BCUT2D eigenvalue weighted by Gasteiger charge is 2.42. The number of aliphatic hydroxyl groups excluding tert-OH is 3. The van der Waals surface area contributed by atoms with Crippen LogP contribution in [0.2, 0.25) is 0 Å². The molecule has 0 spiro atoms. The number of nitrogens with one attached hydrogen (secondary N) is 2. The number of halogens is 1. The molecule has 3 aliphatic rings. The Labute approximate surface area is 208 Å². The number of hydrogen-bond donors (Lipinski definition) is 5. The molecule has 0 bridgehead atoms. The summed E-state index contributed by atoms with van der Waals surface area (Å²) in [5.41, 5.74) is 3.49. The lowest BCUT2D eigenvalue weighted by Crippen LogP contribution is -2.38. The Morgan fingerprint density at radius 2 is 1.81 bits per heavy atom. The molecule has 0 aliphatic carbocycles. The van der Waals surface area contributed by atoms with Crippen LogP contribution in [0, 0.1) is 5.82 Å². The molecule has 4 atom stereocenters. The van der Waals surface area contributed by atoms with Crippen LogP contribution in [-0.2, 0) is 20.8 Å². The summed E-state index contributed by atoms with van der Waals surface area (Å²) < 4.78 is 25.5. The van der Waals surface area contributed by atoms with Gasteiger partial charge in [-0.25, -0.2) is 4.39 Å². The highest BCUT2D eigenvalue weighted by Crippen LogP contribution is 2.44. The molecule has 1 amide bonds. The van der Waals surface area contributed by atoms with Gasteiger partial charge < -0.3 is 35.4 Å². The smallest absolute Gasteiger partial charge is 0.260 e. The number of carbonyl (C=O) groups excluding carboxylic acids is 1. The molecule has 190 valence electrons. The molecule has 0 aromatic heterocycles. The van der Waals surface area contributed by atoms with Crippen molar-refractivity contribution in [1.82, 2.24) is 5.32 Å². The van der Waals surface area contributed by atoms with Crippen LogP contribution in [0.1, 0.15) is 30.5 Å². The van der Waals surface area contributed by atoms with E-state index in [1.807, 2.05) is 44.2 Å². The molecule has 5 N–H and O–H groups in total. The Bertz CT molecular complexity index is 1240. The quantitative estimate of drug-likeness (QED) is 0.388. The van der Waals surface area contributed by atoms with Crippen LogP contribution in [-0.4, -0.2) is 64.4 Å². The number of anilines is 1. The maximum Gasteiger partial charge on any atom is 0.260 e. The largest absolute Gasteiger partial charge is 0.482 e. The third-order valence-electron chi connectivity index (χ3n) is 6.84. The van der Waals surface area contributed by atoms with Crippen LogP contribution >= 0.6 is 0 Å². The van der Waals surface area contributed by atoms with Crippen molar-refractivity contribution in [2.45, 2.75) is 50.4 Å². The Morgan fingerprint density at radius 3 is 2.50 bits per heavy atom. The predicted molar refractivity (Wildman–Crippen MR) is 131 cm³/mol. The Balaban J connectivity index is 1.30. The van der Waals surface area contributed by atoms with E-state index in [4.69, 9.17) is 9.47 Å². The number of hydrogen-bond acceptors (Lipinski definition) is 7.